The van der Waals surface area contributed by atoms with Gasteiger partial charge in [0.25, 0.3) is 5.91 Å². The van der Waals surface area contributed by atoms with Crippen LogP contribution in [0.1, 0.15) is 35.7 Å². The Labute approximate surface area is 226 Å². The molecule has 0 spiro atoms. The van der Waals surface area contributed by atoms with Gasteiger partial charge in [-0.1, -0.05) is 18.7 Å². The van der Waals surface area contributed by atoms with Gasteiger partial charge in [0.2, 0.25) is 0 Å². The molecule has 1 atom stereocenters. The van der Waals surface area contributed by atoms with E-state index in [1.807, 2.05) is 5.32 Å². The van der Waals surface area contributed by atoms with Crippen LogP contribution in [0.15, 0.2) is 35.4 Å². The molecule has 40 heavy (non-hydrogen) atoms. The van der Waals surface area contributed by atoms with Gasteiger partial charge in [0.05, 0.1) is 24.5 Å². The Morgan fingerprint density at radius 3 is 2.42 bits per heavy atom. The van der Waals surface area contributed by atoms with E-state index in [0.29, 0.717) is 18.2 Å². The summed E-state index contributed by atoms with van der Waals surface area (Å²) in [5.41, 5.74) is 0.325. The average Bonchev–Trinajstić information content (AvgIpc) is 2.88. The summed E-state index contributed by atoms with van der Waals surface area (Å²) in [4.78, 5) is 20.9. The maximum Gasteiger partial charge on any atom is 0.460 e. The first-order valence-corrected chi connectivity index (χ1v) is 12.0. The third-order valence-corrected chi connectivity index (χ3v) is 6.28. The summed E-state index contributed by atoms with van der Waals surface area (Å²) < 4.78 is 106. The summed E-state index contributed by atoms with van der Waals surface area (Å²) in [6.07, 6.45) is -6.71. The van der Waals surface area contributed by atoms with E-state index in [1.165, 1.54) is 25.3 Å². The Morgan fingerprint density at radius 1 is 1.23 bits per heavy atom. The maximum absolute atomic E-state index is 14.5. The van der Waals surface area contributed by atoms with Crippen molar-refractivity contribution in [3.63, 3.8) is 0 Å². The molecule has 0 fully saturated rings. The van der Waals surface area contributed by atoms with E-state index >= 15 is 0 Å². The number of aromatic nitrogens is 1. The molecule has 0 radical (unpaired) electrons. The number of benzene rings is 1. The first kappa shape index (κ1) is 33.0. The summed E-state index contributed by atoms with van der Waals surface area (Å²) >= 11 is 0.688. The number of amides is 1. The van der Waals surface area contributed by atoms with Gasteiger partial charge in [0.1, 0.15) is 0 Å². The number of carbonyl (C=O) groups excluding carboxylic acids is 1. The number of hydrogen-bond donors (Lipinski definition) is 5. The first-order valence-electron chi connectivity index (χ1n) is 11.2. The van der Waals surface area contributed by atoms with Gasteiger partial charge in [-0.3, -0.25) is 25.5 Å². The largest absolute Gasteiger partial charge is 0.460 e. The number of amidine groups is 1. The molecule has 2 rings (SSSR count). The maximum atomic E-state index is 14.5. The number of aliphatic hydroxyl groups excluding tert-OH is 1. The number of halogens is 8. The van der Waals surface area contributed by atoms with E-state index in [2.05, 4.69) is 10.5 Å². The molecule has 2 aromatic rings. The Kier molecular flexibility index (Phi) is 10.7. The molecule has 1 heterocycles. The molecule has 222 valence electrons. The highest BCUT2D eigenvalue weighted by molar-refractivity contribution is 8.13. The van der Waals surface area contributed by atoms with Gasteiger partial charge in [-0.2, -0.15) is 30.7 Å². The van der Waals surface area contributed by atoms with Crippen molar-refractivity contribution in [3.8, 4) is 0 Å². The Morgan fingerprint density at radius 2 is 1.88 bits per heavy atom. The molecule has 0 aliphatic rings. The monoisotopic (exact) mass is 604 g/mol. The van der Waals surface area contributed by atoms with Crippen molar-refractivity contribution in [2.45, 2.75) is 48.8 Å². The Hall–Kier alpha value is -3.22. The molecule has 1 unspecified atom stereocenters. The van der Waals surface area contributed by atoms with Crippen molar-refractivity contribution in [1.29, 1.82) is 5.41 Å². The van der Waals surface area contributed by atoms with Crippen LogP contribution in [-0.4, -0.2) is 58.0 Å². The van der Waals surface area contributed by atoms with Crippen LogP contribution in [0, 0.1) is 11.2 Å². The van der Waals surface area contributed by atoms with Crippen LogP contribution in [-0.2, 0) is 10.8 Å². The van der Waals surface area contributed by atoms with E-state index in [0.717, 1.165) is 5.01 Å². The molecule has 1 aromatic heterocycles. The molecule has 1 amide bonds. The molecule has 18 heteroatoms. The number of carbonyl (C=O) groups is 1. The van der Waals surface area contributed by atoms with Crippen molar-refractivity contribution in [2.75, 3.05) is 24.5 Å². The lowest BCUT2D eigenvalue weighted by Crippen LogP contribution is -2.50. The van der Waals surface area contributed by atoms with Gasteiger partial charge in [0.15, 0.2) is 16.8 Å². The van der Waals surface area contributed by atoms with Gasteiger partial charge in [-0.05, 0) is 37.1 Å². The highest BCUT2D eigenvalue weighted by atomic mass is 32.2. The topological polar surface area (TPSA) is 137 Å². The fourth-order valence-electron chi connectivity index (χ4n) is 2.97. The van der Waals surface area contributed by atoms with E-state index in [-0.39, 0.29) is 46.5 Å². The number of rotatable bonds is 11. The molecule has 0 bridgehead atoms. The van der Waals surface area contributed by atoms with Crippen molar-refractivity contribution >= 4 is 34.3 Å². The van der Waals surface area contributed by atoms with Gasteiger partial charge in [0, 0.05) is 23.2 Å². The SMILES string of the molecule is CCC(O)CCN(N)C(=N)Sc1ccc(NOC)cc1C(=O)Nc1ncc(C(F)(F)C(F)(F)C(F)(F)F)cc1F. The predicted octanol–water partition coefficient (Wildman–Crippen LogP) is 5.10. The number of anilines is 2. The normalized spacial score (nSPS) is 13.1. The molecule has 9 nitrogen and oxygen atoms in total. The van der Waals surface area contributed by atoms with Crippen molar-refractivity contribution in [2.24, 2.45) is 5.84 Å². The zero-order valence-electron chi connectivity index (χ0n) is 20.8. The zero-order chi connectivity index (χ0) is 30.5. The number of nitrogens with two attached hydrogens (primary N) is 1. The van der Waals surface area contributed by atoms with E-state index in [4.69, 9.17) is 16.1 Å². The second kappa shape index (κ2) is 13.0. The Balaban J connectivity index is 2.33. The molecule has 6 N–H and O–H groups in total. The minimum atomic E-state index is -6.64. The highest BCUT2D eigenvalue weighted by Gasteiger charge is 2.73. The van der Waals surface area contributed by atoms with E-state index in [9.17, 15) is 45.0 Å². The summed E-state index contributed by atoms with van der Waals surface area (Å²) in [6.45, 7) is 1.84. The van der Waals surface area contributed by atoms with Crippen LogP contribution in [0.3, 0.4) is 0 Å². The third-order valence-electron chi connectivity index (χ3n) is 5.27. The van der Waals surface area contributed by atoms with Crippen LogP contribution in [0.2, 0.25) is 0 Å². The summed E-state index contributed by atoms with van der Waals surface area (Å²) in [7, 11) is 1.26. The zero-order valence-corrected chi connectivity index (χ0v) is 21.6. The second-order valence-electron chi connectivity index (χ2n) is 8.12. The predicted molar refractivity (Wildman–Crippen MR) is 130 cm³/mol. The molecule has 0 saturated carbocycles. The van der Waals surface area contributed by atoms with Crippen LogP contribution in [0.4, 0.5) is 46.6 Å². The fourth-order valence-corrected chi connectivity index (χ4v) is 3.78. The third kappa shape index (κ3) is 7.49. The number of nitrogens with one attached hydrogen (secondary N) is 3. The molecule has 0 saturated heterocycles. The quantitative estimate of drug-likeness (QED) is 0.0597. The number of pyridine rings is 1. The number of hydrogen-bond acceptors (Lipinski definition) is 8. The van der Waals surface area contributed by atoms with Crippen molar-refractivity contribution in [1.82, 2.24) is 9.99 Å². The highest BCUT2D eigenvalue weighted by Crippen LogP contribution is 2.51. The number of aliphatic hydroxyl groups is 1. The molecule has 0 aliphatic heterocycles. The van der Waals surface area contributed by atoms with E-state index in [1.54, 1.807) is 6.92 Å². The average molecular weight is 605 g/mol. The van der Waals surface area contributed by atoms with Crippen molar-refractivity contribution in [3.05, 3.63) is 47.4 Å². The first-order chi connectivity index (χ1) is 18.5. The van der Waals surface area contributed by atoms with Crippen molar-refractivity contribution < 1.29 is 49.9 Å². The lowest BCUT2D eigenvalue weighted by molar-refractivity contribution is -0.359. The van der Waals surface area contributed by atoms with Crippen LogP contribution in [0.5, 0.6) is 0 Å². The lowest BCUT2D eigenvalue weighted by atomic mass is 10.0. The summed E-state index contributed by atoms with van der Waals surface area (Å²) in [5, 5.41) is 20.5. The number of nitrogens with zero attached hydrogens (tertiary/aromatic N) is 2. The number of thioether (sulfide) groups is 1. The van der Waals surface area contributed by atoms with E-state index < -0.39 is 47.2 Å². The minimum absolute atomic E-state index is 0.0871. The minimum Gasteiger partial charge on any atom is -0.393 e. The Bertz CT molecular complexity index is 1220. The lowest BCUT2D eigenvalue weighted by Gasteiger charge is -2.28. The molecular formula is C22H24F8N6O3S. The van der Waals surface area contributed by atoms with Crippen LogP contribution < -0.4 is 16.6 Å². The number of hydrazine groups is 1. The fraction of sp³-hybridized carbons (Fsp3) is 0.409. The van der Waals surface area contributed by atoms with Gasteiger partial charge >= 0.3 is 18.0 Å². The molecular weight excluding hydrogens is 580 g/mol. The van der Waals surface area contributed by atoms with Gasteiger partial charge < -0.3 is 10.4 Å². The van der Waals surface area contributed by atoms with Crippen LogP contribution in [0.25, 0.3) is 0 Å². The molecule has 0 aliphatic carbocycles. The van der Waals surface area contributed by atoms with Gasteiger partial charge in [-0.15, -0.1) is 0 Å². The van der Waals surface area contributed by atoms with Gasteiger partial charge in [-0.25, -0.2) is 15.2 Å². The van der Waals surface area contributed by atoms with Crippen LogP contribution >= 0.6 is 11.8 Å². The summed E-state index contributed by atoms with van der Waals surface area (Å²) in [6, 6.07) is 3.69. The second-order valence-corrected chi connectivity index (χ2v) is 9.15. The number of alkyl halides is 7. The summed E-state index contributed by atoms with van der Waals surface area (Å²) in [5.74, 6) is -10.6. The molecule has 1 aromatic carbocycles. The smallest absolute Gasteiger partial charge is 0.393 e. The standard InChI is InChI=1S/C22H24F8N6O3S/c1-3-13(37)6-7-36(32)19(31)40-16-5-4-12(35-39-2)9-14(16)18(38)34-17-15(23)8-11(10-33-17)20(24,25)21(26,27)22(28,29)30/h4-5,8-10,13,31,35,37H,3,6-7,32H2,1-2H3,(H,33,34,38).